The summed E-state index contributed by atoms with van der Waals surface area (Å²) in [5, 5.41) is 7.91. The summed E-state index contributed by atoms with van der Waals surface area (Å²) >= 11 is 7.36. The van der Waals surface area contributed by atoms with Crippen molar-refractivity contribution in [2.24, 2.45) is 22.7 Å². The van der Waals surface area contributed by atoms with E-state index in [4.69, 9.17) is 25.3 Å². The van der Waals surface area contributed by atoms with Crippen LogP contribution in [0.2, 0.25) is 5.15 Å². The molecule has 7 rings (SSSR count). The van der Waals surface area contributed by atoms with Crippen molar-refractivity contribution in [1.82, 2.24) is 34.5 Å². The Morgan fingerprint density at radius 3 is 2.46 bits per heavy atom. The summed E-state index contributed by atoms with van der Waals surface area (Å²) in [6.45, 7) is 12.0. The fraction of sp³-hybridized carbons (Fsp3) is 0.605. The van der Waals surface area contributed by atoms with Crippen LogP contribution in [-0.4, -0.2) is 78.9 Å². The Morgan fingerprint density at radius 2 is 1.78 bits per heavy atom. The van der Waals surface area contributed by atoms with Gasteiger partial charge in [-0.25, -0.2) is 14.5 Å². The number of pyridine rings is 2. The summed E-state index contributed by atoms with van der Waals surface area (Å²) in [6.07, 6.45) is 11.1. The molecule has 1 unspecified atom stereocenters. The smallest absolute Gasteiger partial charge is 0.410 e. The highest BCUT2D eigenvalue weighted by atomic mass is 35.5. The van der Waals surface area contributed by atoms with Crippen molar-refractivity contribution in [2.45, 2.75) is 97.1 Å². The van der Waals surface area contributed by atoms with Gasteiger partial charge in [-0.1, -0.05) is 17.7 Å². The minimum absolute atomic E-state index is 0. The number of rotatable bonds is 15. The minimum Gasteiger partial charge on any atom is -0.477 e. The SMILES string of the molecule is CN(NC(=O)c1ccc(-n2ccc(OCCC3C4(CC4)C34CC4)n2)nc1Cl)SOc1cccc(NCCCC2CN(C(=O)OC(C)(C)C)C(C)(C)C2)n1.S. The number of halogens is 1. The van der Waals surface area contributed by atoms with Crippen LogP contribution in [0.1, 0.15) is 96.3 Å². The summed E-state index contributed by atoms with van der Waals surface area (Å²) in [5.41, 5.74) is 3.54. The van der Waals surface area contributed by atoms with Gasteiger partial charge in [-0.3, -0.25) is 10.2 Å². The van der Waals surface area contributed by atoms with Gasteiger partial charge in [-0.05, 0) is 127 Å². The van der Waals surface area contributed by atoms with Crippen molar-refractivity contribution in [3.05, 3.63) is 53.3 Å². The van der Waals surface area contributed by atoms with E-state index in [1.165, 1.54) is 30.1 Å². The first kappa shape index (κ1) is 40.3. The van der Waals surface area contributed by atoms with E-state index in [0.717, 1.165) is 50.4 Å². The minimum atomic E-state index is -0.516. The lowest BCUT2D eigenvalue weighted by atomic mass is 9.93. The zero-order valence-corrected chi connectivity index (χ0v) is 34.6. The average Bonchev–Trinajstić information content (AvgIpc) is 4.04. The molecule has 0 radical (unpaired) electrons. The van der Waals surface area contributed by atoms with Gasteiger partial charge in [-0.2, -0.15) is 18.5 Å². The second-order valence-electron chi connectivity index (χ2n) is 16.6. The number of carbonyl (C=O) groups is 2. The first-order chi connectivity index (χ1) is 25.2. The Kier molecular flexibility index (Phi) is 11.6. The molecule has 1 aliphatic heterocycles. The fourth-order valence-electron chi connectivity index (χ4n) is 8.57. The van der Waals surface area contributed by atoms with Gasteiger partial charge in [0.25, 0.3) is 5.91 Å². The molecule has 1 atom stereocenters. The number of nitrogens with zero attached hydrogens (tertiary/aromatic N) is 6. The maximum absolute atomic E-state index is 13.0. The zero-order valence-electron chi connectivity index (χ0n) is 32.0. The van der Waals surface area contributed by atoms with Crippen LogP contribution in [-0.2, 0) is 4.74 Å². The van der Waals surface area contributed by atoms with Crippen LogP contribution in [0.3, 0.4) is 0 Å². The second kappa shape index (κ2) is 15.6. The molecule has 54 heavy (non-hydrogen) atoms. The molecular formula is C38H53ClN8O5S2. The molecule has 2 spiro atoms. The van der Waals surface area contributed by atoms with E-state index in [-0.39, 0.29) is 35.8 Å². The number of nitrogens with one attached hydrogen (secondary N) is 2. The van der Waals surface area contributed by atoms with Gasteiger partial charge >= 0.3 is 6.09 Å². The van der Waals surface area contributed by atoms with Gasteiger partial charge in [0, 0.05) is 44.0 Å². The Hall–Kier alpha value is -3.40. The molecule has 1 saturated heterocycles. The van der Waals surface area contributed by atoms with Crippen molar-refractivity contribution in [3.63, 3.8) is 0 Å². The van der Waals surface area contributed by atoms with E-state index in [1.54, 1.807) is 36.1 Å². The molecular weight excluding hydrogens is 748 g/mol. The molecule has 2 N–H and O–H groups in total. The van der Waals surface area contributed by atoms with E-state index in [1.807, 2.05) is 43.9 Å². The molecule has 0 bridgehead atoms. The van der Waals surface area contributed by atoms with E-state index < -0.39 is 11.5 Å². The molecule has 0 aromatic carbocycles. The Morgan fingerprint density at radius 1 is 1.04 bits per heavy atom. The van der Waals surface area contributed by atoms with Crippen LogP contribution in [0.5, 0.6) is 11.8 Å². The number of fused-ring (bicyclic) bond motifs is 1. The molecule has 3 aliphatic carbocycles. The molecule has 3 saturated carbocycles. The van der Waals surface area contributed by atoms with Gasteiger partial charge < -0.3 is 23.9 Å². The van der Waals surface area contributed by atoms with Crippen LogP contribution >= 0.6 is 37.3 Å². The molecule has 3 aromatic rings. The maximum atomic E-state index is 13.0. The topological polar surface area (TPSA) is 136 Å². The summed E-state index contributed by atoms with van der Waals surface area (Å²) < 4.78 is 20.4. The highest BCUT2D eigenvalue weighted by Gasteiger charge is 2.85. The Bertz CT molecular complexity index is 1810. The van der Waals surface area contributed by atoms with E-state index in [2.05, 4.69) is 39.7 Å². The lowest BCUT2D eigenvalue weighted by Crippen LogP contribution is -2.45. The van der Waals surface area contributed by atoms with Crippen LogP contribution in [0.4, 0.5) is 10.6 Å². The van der Waals surface area contributed by atoms with Crippen molar-refractivity contribution >= 4 is 55.1 Å². The lowest BCUT2D eigenvalue weighted by molar-refractivity contribution is 0.0130. The first-order valence-corrected chi connectivity index (χ1v) is 19.7. The van der Waals surface area contributed by atoms with Crippen LogP contribution < -0.4 is 19.7 Å². The molecule has 16 heteroatoms. The number of hydrogen-bond donors (Lipinski definition) is 2. The summed E-state index contributed by atoms with van der Waals surface area (Å²) in [6, 6.07) is 10.6. The standard InChI is InChI=1S/C38H51ClN8O5S.H2S/c1-35(2,3)51-34(49)46-24-25(23-36(46,4)5)9-8-20-40-28-10-7-11-30(41-28)52-53-45(6)44-33(48)26-12-13-29(42-32(26)39)47-21-14-31(43-47)50-22-15-27-37(16-17-37)38(27)18-19-38;/h7,10-14,21,25,27H,8-9,15-20,22-24H2,1-6H3,(H,40,41)(H,44,48);1H2. The van der Waals surface area contributed by atoms with Gasteiger partial charge in [0.15, 0.2) is 18.0 Å². The third-order valence-corrected chi connectivity index (χ3v) is 12.1. The molecule has 3 aromatic heterocycles. The number of anilines is 1. The number of amides is 2. The predicted molar refractivity (Wildman–Crippen MR) is 214 cm³/mol. The lowest BCUT2D eigenvalue weighted by Gasteiger charge is -2.33. The predicted octanol–water partition coefficient (Wildman–Crippen LogP) is 7.83. The van der Waals surface area contributed by atoms with Crippen LogP contribution in [0, 0.1) is 22.7 Å². The van der Waals surface area contributed by atoms with Crippen LogP contribution in [0.15, 0.2) is 42.6 Å². The third kappa shape index (κ3) is 8.84. The highest BCUT2D eigenvalue weighted by Crippen LogP contribution is 2.93. The third-order valence-electron chi connectivity index (χ3n) is 11.2. The Balaban J connectivity index is 0.00000497. The van der Waals surface area contributed by atoms with Gasteiger partial charge in [0.2, 0.25) is 11.8 Å². The van der Waals surface area contributed by atoms with Gasteiger partial charge in [0.05, 0.1) is 12.2 Å². The number of likely N-dealkylation sites (tertiary alicyclic amines) is 1. The number of hydrazine groups is 1. The van der Waals surface area contributed by atoms with Crippen molar-refractivity contribution in [1.29, 1.82) is 0 Å². The van der Waals surface area contributed by atoms with Crippen LogP contribution in [0.25, 0.3) is 5.82 Å². The molecule has 4 aliphatic rings. The fourth-order valence-corrected chi connectivity index (χ4v) is 9.21. The monoisotopic (exact) mass is 800 g/mol. The largest absolute Gasteiger partial charge is 0.477 e. The second-order valence-corrected chi connectivity index (χ2v) is 17.8. The van der Waals surface area contributed by atoms with E-state index in [9.17, 15) is 9.59 Å². The first-order valence-electron chi connectivity index (χ1n) is 18.6. The van der Waals surface area contributed by atoms with Crippen molar-refractivity contribution < 1.29 is 23.2 Å². The van der Waals surface area contributed by atoms with Crippen molar-refractivity contribution in [3.8, 4) is 17.6 Å². The van der Waals surface area contributed by atoms with Gasteiger partial charge in [-0.15, -0.1) is 9.51 Å². The molecule has 4 fully saturated rings. The Labute approximate surface area is 334 Å². The summed E-state index contributed by atoms with van der Waals surface area (Å²) in [4.78, 5) is 36.6. The summed E-state index contributed by atoms with van der Waals surface area (Å²) in [7, 11) is 1.65. The van der Waals surface area contributed by atoms with E-state index >= 15 is 0 Å². The number of hydrogen-bond acceptors (Lipinski definition) is 11. The quantitative estimate of drug-likeness (QED) is 0.0512. The van der Waals surface area contributed by atoms with Gasteiger partial charge in [0.1, 0.15) is 16.6 Å². The number of ether oxygens (including phenoxy) is 2. The average molecular weight is 801 g/mol. The maximum Gasteiger partial charge on any atom is 0.410 e. The molecule has 294 valence electrons. The highest BCUT2D eigenvalue weighted by molar-refractivity contribution is 7.92. The number of aromatic nitrogens is 4. The normalized spacial score (nSPS) is 20.1. The molecule has 2 amide bonds. The van der Waals surface area contributed by atoms with Crippen molar-refractivity contribution in [2.75, 3.05) is 32.1 Å². The molecule has 4 heterocycles. The number of carbonyl (C=O) groups excluding carboxylic acids is 2. The zero-order chi connectivity index (χ0) is 37.6. The van der Waals surface area contributed by atoms with E-state index in [0.29, 0.717) is 53.3 Å². The summed E-state index contributed by atoms with van der Waals surface area (Å²) in [5.74, 6) is 2.89. The molecule has 13 nitrogen and oxygen atoms in total.